The Balaban J connectivity index is 2.29. The first-order chi connectivity index (χ1) is 13.1. The average Bonchev–Trinajstić information content (AvgIpc) is 2.61. The molecular weight excluding hydrogens is 430 g/mol. The number of aliphatic hydroxyl groups is 1. The Kier molecular flexibility index (Phi) is 7.65. The lowest BCUT2D eigenvalue weighted by atomic mass is 9.96. The molecule has 1 aromatic rings. The van der Waals surface area contributed by atoms with Gasteiger partial charge in [0.2, 0.25) is 0 Å². The number of nitrogens with zero attached hydrogens (tertiary/aromatic N) is 2. The number of nitro benzene ring substituents is 1. The van der Waals surface area contributed by atoms with Crippen LogP contribution in [0.4, 0.5) is 16.2 Å². The number of fused-ring (bicyclic) bond motifs is 1. The Labute approximate surface area is 173 Å². The molecule has 2 N–H and O–H groups in total. The number of hydrogen-bond donors (Lipinski definition) is 2. The van der Waals surface area contributed by atoms with Gasteiger partial charge in [-0.25, -0.2) is 4.79 Å². The normalized spacial score (nSPS) is 13.8. The van der Waals surface area contributed by atoms with Crippen LogP contribution in [-0.4, -0.2) is 46.3 Å². The zero-order chi connectivity index (χ0) is 20.9. The number of amides is 1. The lowest BCUT2D eigenvalue weighted by Gasteiger charge is -2.32. The predicted octanol–water partition coefficient (Wildman–Crippen LogP) is 4.23. The molecule has 1 aliphatic heterocycles. The molecule has 0 saturated carbocycles. The SMILES string of the molecule is CC(C)(C)OC(=O)N1CCc2c(Br)cc([N+](=O)[O-])c(NCCCCCO)c2C1. The van der Waals surface area contributed by atoms with Crippen molar-refractivity contribution in [3.05, 3.63) is 31.8 Å². The second kappa shape index (κ2) is 9.56. The van der Waals surface area contributed by atoms with Crippen LogP contribution in [0.25, 0.3) is 0 Å². The third-order valence-electron chi connectivity index (χ3n) is 4.44. The molecule has 0 saturated heterocycles. The zero-order valence-corrected chi connectivity index (χ0v) is 18.2. The van der Waals surface area contributed by atoms with Crippen LogP contribution in [0.1, 0.15) is 51.2 Å². The average molecular weight is 458 g/mol. The van der Waals surface area contributed by atoms with Gasteiger partial charge in [0.25, 0.3) is 5.69 Å². The monoisotopic (exact) mass is 457 g/mol. The molecule has 0 fully saturated rings. The van der Waals surface area contributed by atoms with E-state index in [0.717, 1.165) is 24.0 Å². The van der Waals surface area contributed by atoms with Gasteiger partial charge in [0.05, 0.1) is 11.5 Å². The minimum Gasteiger partial charge on any atom is -0.444 e. The van der Waals surface area contributed by atoms with E-state index in [1.54, 1.807) is 4.90 Å². The number of aliphatic hydroxyl groups excluding tert-OH is 1. The molecule has 8 nitrogen and oxygen atoms in total. The molecule has 0 aromatic heterocycles. The molecule has 156 valence electrons. The van der Waals surface area contributed by atoms with Crippen LogP contribution in [0.2, 0.25) is 0 Å². The number of nitro groups is 1. The Hall–Kier alpha value is -1.87. The molecule has 0 aliphatic carbocycles. The van der Waals surface area contributed by atoms with Gasteiger partial charge in [0.15, 0.2) is 0 Å². The number of carbonyl (C=O) groups is 1. The molecule has 0 unspecified atom stereocenters. The van der Waals surface area contributed by atoms with Crippen LogP contribution in [-0.2, 0) is 17.7 Å². The lowest BCUT2D eigenvalue weighted by molar-refractivity contribution is -0.384. The number of benzene rings is 1. The van der Waals surface area contributed by atoms with Crippen molar-refractivity contribution in [2.45, 2.75) is 58.6 Å². The molecule has 2 rings (SSSR count). The minimum absolute atomic E-state index is 0.0150. The van der Waals surface area contributed by atoms with E-state index in [-0.39, 0.29) is 18.8 Å². The van der Waals surface area contributed by atoms with Crippen molar-refractivity contribution in [2.75, 3.05) is 25.0 Å². The highest BCUT2D eigenvalue weighted by atomic mass is 79.9. The van der Waals surface area contributed by atoms with Gasteiger partial charge in [-0.05, 0) is 52.0 Å². The summed E-state index contributed by atoms with van der Waals surface area (Å²) in [6.07, 6.45) is 2.49. The number of unbranched alkanes of at least 4 members (excludes halogenated alkanes) is 2. The second-order valence-corrected chi connectivity index (χ2v) is 8.68. The number of hydrogen-bond acceptors (Lipinski definition) is 6. The van der Waals surface area contributed by atoms with Crippen LogP contribution in [0.3, 0.4) is 0 Å². The van der Waals surface area contributed by atoms with Crippen molar-refractivity contribution in [1.29, 1.82) is 0 Å². The molecule has 9 heteroatoms. The fraction of sp³-hybridized carbons (Fsp3) is 0.632. The molecule has 0 radical (unpaired) electrons. The maximum absolute atomic E-state index is 12.5. The number of rotatable bonds is 7. The minimum atomic E-state index is -0.603. The van der Waals surface area contributed by atoms with Crippen LogP contribution < -0.4 is 5.32 Å². The first-order valence-corrected chi connectivity index (χ1v) is 10.2. The van der Waals surface area contributed by atoms with E-state index in [4.69, 9.17) is 9.84 Å². The summed E-state index contributed by atoms with van der Waals surface area (Å²) >= 11 is 3.45. The smallest absolute Gasteiger partial charge is 0.410 e. The van der Waals surface area contributed by atoms with Gasteiger partial charge in [-0.15, -0.1) is 0 Å². The number of halogens is 1. The van der Waals surface area contributed by atoms with Crippen LogP contribution in [0.5, 0.6) is 0 Å². The number of carbonyl (C=O) groups excluding carboxylic acids is 1. The number of anilines is 1. The van der Waals surface area contributed by atoms with Gasteiger partial charge in [0.1, 0.15) is 11.3 Å². The third-order valence-corrected chi connectivity index (χ3v) is 5.15. The van der Waals surface area contributed by atoms with E-state index in [0.29, 0.717) is 36.1 Å². The number of ether oxygens (including phenoxy) is 1. The Morgan fingerprint density at radius 3 is 2.68 bits per heavy atom. The van der Waals surface area contributed by atoms with Gasteiger partial charge < -0.3 is 20.1 Å². The summed E-state index contributed by atoms with van der Waals surface area (Å²) < 4.78 is 6.15. The number of nitrogens with one attached hydrogen (secondary N) is 1. The first kappa shape index (κ1) is 22.4. The Bertz CT molecular complexity index is 733. The van der Waals surface area contributed by atoms with Crippen molar-refractivity contribution >= 4 is 33.4 Å². The summed E-state index contributed by atoms with van der Waals surface area (Å²) in [7, 11) is 0. The molecule has 1 aliphatic rings. The fourth-order valence-electron chi connectivity index (χ4n) is 3.14. The zero-order valence-electron chi connectivity index (χ0n) is 16.6. The Morgan fingerprint density at radius 1 is 1.36 bits per heavy atom. The molecule has 1 amide bonds. The van der Waals surface area contributed by atoms with Crippen LogP contribution in [0, 0.1) is 10.1 Å². The maximum atomic E-state index is 12.5. The van der Waals surface area contributed by atoms with E-state index < -0.39 is 16.6 Å². The topological polar surface area (TPSA) is 105 Å². The van der Waals surface area contributed by atoms with Crippen LogP contribution in [0.15, 0.2) is 10.5 Å². The second-order valence-electron chi connectivity index (χ2n) is 7.83. The maximum Gasteiger partial charge on any atom is 0.410 e. The molecular formula is C19H28BrN3O5. The summed E-state index contributed by atoms with van der Waals surface area (Å²) in [5, 5.41) is 23.7. The van der Waals surface area contributed by atoms with Crippen molar-refractivity contribution in [2.24, 2.45) is 0 Å². The fourth-order valence-corrected chi connectivity index (χ4v) is 3.80. The summed E-state index contributed by atoms with van der Waals surface area (Å²) in [4.78, 5) is 25.3. The highest BCUT2D eigenvalue weighted by Crippen LogP contribution is 2.39. The van der Waals surface area contributed by atoms with Crippen molar-refractivity contribution in [3.8, 4) is 0 Å². The van der Waals surface area contributed by atoms with Gasteiger partial charge in [-0.2, -0.15) is 0 Å². The van der Waals surface area contributed by atoms with E-state index in [9.17, 15) is 14.9 Å². The molecule has 28 heavy (non-hydrogen) atoms. The summed E-state index contributed by atoms with van der Waals surface area (Å²) in [6.45, 7) is 6.87. The van der Waals surface area contributed by atoms with E-state index in [1.165, 1.54) is 6.07 Å². The standard InChI is InChI=1S/C19H28BrN3O5/c1-19(2,3)28-18(25)22-9-7-13-14(12-22)17(21-8-5-4-6-10-24)16(23(26)27)11-15(13)20/h11,21,24H,4-10,12H2,1-3H3. The van der Waals surface area contributed by atoms with E-state index >= 15 is 0 Å². The van der Waals surface area contributed by atoms with Crippen LogP contribution >= 0.6 is 15.9 Å². The summed E-state index contributed by atoms with van der Waals surface area (Å²) in [5.74, 6) is 0. The summed E-state index contributed by atoms with van der Waals surface area (Å²) in [6, 6.07) is 1.53. The molecule has 0 spiro atoms. The molecule has 1 aromatic carbocycles. The largest absolute Gasteiger partial charge is 0.444 e. The predicted molar refractivity (Wildman–Crippen MR) is 111 cm³/mol. The Morgan fingerprint density at radius 2 is 2.07 bits per heavy atom. The van der Waals surface area contributed by atoms with Gasteiger partial charge in [0, 0.05) is 35.8 Å². The highest BCUT2D eigenvalue weighted by Gasteiger charge is 2.31. The lowest BCUT2D eigenvalue weighted by Crippen LogP contribution is -2.40. The quantitative estimate of drug-likeness (QED) is 0.360. The van der Waals surface area contributed by atoms with Gasteiger partial charge in [-0.1, -0.05) is 15.9 Å². The van der Waals surface area contributed by atoms with Gasteiger partial charge >= 0.3 is 6.09 Å². The highest BCUT2D eigenvalue weighted by molar-refractivity contribution is 9.10. The van der Waals surface area contributed by atoms with Crippen molar-refractivity contribution < 1.29 is 19.6 Å². The van der Waals surface area contributed by atoms with E-state index in [2.05, 4.69) is 21.2 Å². The third kappa shape index (κ3) is 5.81. The van der Waals surface area contributed by atoms with Crippen molar-refractivity contribution in [1.82, 2.24) is 4.90 Å². The van der Waals surface area contributed by atoms with Gasteiger partial charge in [-0.3, -0.25) is 10.1 Å². The summed E-state index contributed by atoms with van der Waals surface area (Å²) in [5.41, 5.74) is 1.57. The molecule has 0 atom stereocenters. The first-order valence-electron chi connectivity index (χ1n) is 9.45. The molecule has 0 bridgehead atoms. The van der Waals surface area contributed by atoms with Crippen molar-refractivity contribution in [3.63, 3.8) is 0 Å². The van der Waals surface area contributed by atoms with E-state index in [1.807, 2.05) is 20.8 Å². The molecule has 1 heterocycles.